The van der Waals surface area contributed by atoms with E-state index in [9.17, 15) is 18.0 Å². The number of aromatic nitrogens is 1. The van der Waals surface area contributed by atoms with Crippen molar-refractivity contribution in [2.75, 3.05) is 5.32 Å². The van der Waals surface area contributed by atoms with Gasteiger partial charge in [0.05, 0.1) is 0 Å². The highest BCUT2D eigenvalue weighted by atomic mass is 32.1. The number of anilines is 1. The zero-order valence-corrected chi connectivity index (χ0v) is 10.0. The Balaban J connectivity index is 2.11. The van der Waals surface area contributed by atoms with Gasteiger partial charge in [-0.1, -0.05) is 0 Å². The smallest absolute Gasteiger partial charge is 0.427 e. The summed E-state index contributed by atoms with van der Waals surface area (Å²) in [7, 11) is 0. The van der Waals surface area contributed by atoms with Crippen LogP contribution < -0.4 is 5.32 Å². The standard InChI is InChI=1S/C11H7F3N2O2S/c12-11(13,14)8-5-9(16-19-8)15-10(18)6-1-3-7(17)4-2-6/h1-5,17H,(H,15,16,18). The Labute approximate surface area is 109 Å². The molecule has 0 unspecified atom stereocenters. The van der Waals surface area contributed by atoms with Gasteiger partial charge < -0.3 is 10.4 Å². The third-order valence-electron chi connectivity index (χ3n) is 2.16. The van der Waals surface area contributed by atoms with E-state index in [4.69, 9.17) is 5.11 Å². The summed E-state index contributed by atoms with van der Waals surface area (Å²) in [6, 6.07) is 6.07. The SMILES string of the molecule is O=C(Nc1cc(C(F)(F)F)sn1)c1ccc(O)cc1. The number of phenolic OH excluding ortho intramolecular Hbond substituents is 1. The summed E-state index contributed by atoms with van der Waals surface area (Å²) in [5.41, 5.74) is 0.208. The number of rotatable bonds is 2. The molecule has 1 aromatic heterocycles. The summed E-state index contributed by atoms with van der Waals surface area (Å²) in [4.78, 5) is 10.8. The number of carbonyl (C=O) groups is 1. The molecule has 0 bridgehead atoms. The molecule has 0 spiro atoms. The number of phenols is 1. The molecule has 0 atom stereocenters. The van der Waals surface area contributed by atoms with Gasteiger partial charge in [0.15, 0.2) is 0 Å². The molecule has 0 fully saturated rings. The Morgan fingerprint density at radius 1 is 1.26 bits per heavy atom. The number of carbonyl (C=O) groups excluding carboxylic acids is 1. The van der Waals surface area contributed by atoms with Crippen molar-refractivity contribution in [2.45, 2.75) is 6.18 Å². The molecule has 19 heavy (non-hydrogen) atoms. The quantitative estimate of drug-likeness (QED) is 0.892. The number of nitrogens with one attached hydrogen (secondary N) is 1. The van der Waals surface area contributed by atoms with E-state index in [0.717, 1.165) is 6.07 Å². The van der Waals surface area contributed by atoms with Crippen LogP contribution in [-0.2, 0) is 6.18 Å². The van der Waals surface area contributed by atoms with Crippen molar-refractivity contribution in [2.24, 2.45) is 0 Å². The topological polar surface area (TPSA) is 62.2 Å². The zero-order chi connectivity index (χ0) is 14.0. The van der Waals surface area contributed by atoms with Crippen molar-refractivity contribution in [1.82, 2.24) is 4.37 Å². The molecule has 8 heteroatoms. The first-order valence-electron chi connectivity index (χ1n) is 5.00. The van der Waals surface area contributed by atoms with Gasteiger partial charge in [0.1, 0.15) is 16.4 Å². The first-order chi connectivity index (χ1) is 8.86. The molecular formula is C11H7F3N2O2S. The van der Waals surface area contributed by atoms with Crippen molar-refractivity contribution >= 4 is 23.3 Å². The van der Waals surface area contributed by atoms with E-state index in [1.54, 1.807) is 0 Å². The van der Waals surface area contributed by atoms with Crippen LogP contribution in [0, 0.1) is 0 Å². The van der Waals surface area contributed by atoms with Gasteiger partial charge in [-0.3, -0.25) is 4.79 Å². The average Bonchev–Trinajstić information content (AvgIpc) is 2.78. The molecule has 2 aromatic rings. The second kappa shape index (κ2) is 4.88. The monoisotopic (exact) mass is 288 g/mol. The van der Waals surface area contributed by atoms with Crippen LogP contribution >= 0.6 is 11.5 Å². The number of alkyl halides is 3. The fourth-order valence-electron chi connectivity index (χ4n) is 1.27. The largest absolute Gasteiger partial charge is 0.508 e. The van der Waals surface area contributed by atoms with Gasteiger partial charge in [-0.15, -0.1) is 0 Å². The van der Waals surface area contributed by atoms with Gasteiger partial charge in [-0.2, -0.15) is 17.5 Å². The van der Waals surface area contributed by atoms with E-state index in [1.165, 1.54) is 24.3 Å². The van der Waals surface area contributed by atoms with Crippen molar-refractivity contribution in [3.63, 3.8) is 0 Å². The Kier molecular flexibility index (Phi) is 3.43. The van der Waals surface area contributed by atoms with Crippen LogP contribution in [0.25, 0.3) is 0 Å². The van der Waals surface area contributed by atoms with E-state index in [-0.39, 0.29) is 28.7 Å². The highest BCUT2D eigenvalue weighted by Crippen LogP contribution is 2.33. The Hall–Kier alpha value is -2.09. The van der Waals surface area contributed by atoms with E-state index >= 15 is 0 Å². The summed E-state index contributed by atoms with van der Waals surface area (Å²) in [5, 5.41) is 11.3. The predicted octanol–water partition coefficient (Wildman–Crippen LogP) is 3.12. The van der Waals surface area contributed by atoms with Gasteiger partial charge in [0, 0.05) is 11.6 Å². The van der Waals surface area contributed by atoms with Gasteiger partial charge in [-0.25, -0.2) is 0 Å². The Morgan fingerprint density at radius 2 is 1.89 bits per heavy atom. The number of hydrogen-bond donors (Lipinski definition) is 2. The number of amides is 1. The number of benzene rings is 1. The minimum Gasteiger partial charge on any atom is -0.508 e. The first-order valence-corrected chi connectivity index (χ1v) is 5.78. The number of halogens is 3. The summed E-state index contributed by atoms with van der Waals surface area (Å²) < 4.78 is 40.5. The lowest BCUT2D eigenvalue weighted by Crippen LogP contribution is -2.11. The van der Waals surface area contributed by atoms with Gasteiger partial charge in [0.2, 0.25) is 0 Å². The summed E-state index contributed by atoms with van der Waals surface area (Å²) in [6.45, 7) is 0. The third-order valence-corrected chi connectivity index (χ3v) is 2.99. The van der Waals surface area contributed by atoms with E-state index in [0.29, 0.717) is 0 Å². The lowest BCUT2D eigenvalue weighted by molar-refractivity contribution is -0.134. The van der Waals surface area contributed by atoms with Crippen molar-refractivity contribution < 1.29 is 23.1 Å². The van der Waals surface area contributed by atoms with Crippen LogP contribution in [0.3, 0.4) is 0 Å². The molecule has 0 saturated carbocycles. The van der Waals surface area contributed by atoms with Gasteiger partial charge in [-0.05, 0) is 35.8 Å². The van der Waals surface area contributed by atoms with E-state index in [1.807, 2.05) is 0 Å². The maximum atomic E-state index is 12.3. The van der Waals surface area contributed by atoms with Crippen LogP contribution in [0.2, 0.25) is 0 Å². The average molecular weight is 288 g/mol. The molecule has 1 aromatic carbocycles. The summed E-state index contributed by atoms with van der Waals surface area (Å²) >= 11 is 0.266. The van der Waals surface area contributed by atoms with Crippen molar-refractivity contribution in [3.8, 4) is 5.75 Å². The van der Waals surface area contributed by atoms with Crippen LogP contribution in [-0.4, -0.2) is 15.4 Å². The molecular weight excluding hydrogens is 281 g/mol. The molecule has 4 nitrogen and oxygen atoms in total. The number of nitrogens with zero attached hydrogens (tertiary/aromatic N) is 1. The van der Waals surface area contributed by atoms with E-state index in [2.05, 4.69) is 9.69 Å². The summed E-state index contributed by atoms with van der Waals surface area (Å²) in [6.07, 6.45) is -4.47. The molecule has 0 saturated heterocycles. The highest BCUT2D eigenvalue weighted by Gasteiger charge is 2.33. The molecule has 2 N–H and O–H groups in total. The summed E-state index contributed by atoms with van der Waals surface area (Å²) in [5.74, 6) is -0.765. The maximum Gasteiger partial charge on any atom is 0.427 e. The van der Waals surface area contributed by atoms with Gasteiger partial charge in [0.25, 0.3) is 5.91 Å². The minimum atomic E-state index is -4.47. The molecule has 0 radical (unpaired) electrons. The van der Waals surface area contributed by atoms with Crippen LogP contribution in [0.1, 0.15) is 15.2 Å². The normalized spacial score (nSPS) is 11.3. The van der Waals surface area contributed by atoms with Gasteiger partial charge >= 0.3 is 6.18 Å². The lowest BCUT2D eigenvalue weighted by atomic mass is 10.2. The lowest BCUT2D eigenvalue weighted by Gasteiger charge is -2.02. The molecule has 0 aliphatic heterocycles. The van der Waals surface area contributed by atoms with Crippen LogP contribution in [0.5, 0.6) is 5.75 Å². The third kappa shape index (κ3) is 3.22. The number of hydrogen-bond acceptors (Lipinski definition) is 4. The zero-order valence-electron chi connectivity index (χ0n) is 9.23. The van der Waals surface area contributed by atoms with Crippen molar-refractivity contribution in [3.05, 3.63) is 40.8 Å². The predicted molar refractivity (Wildman–Crippen MR) is 63.2 cm³/mol. The number of aromatic hydroxyl groups is 1. The first kappa shape index (κ1) is 13.3. The molecule has 1 heterocycles. The molecule has 1 amide bonds. The maximum absolute atomic E-state index is 12.3. The van der Waals surface area contributed by atoms with E-state index < -0.39 is 17.0 Å². The van der Waals surface area contributed by atoms with Crippen molar-refractivity contribution in [1.29, 1.82) is 0 Å². The second-order valence-electron chi connectivity index (χ2n) is 3.58. The minimum absolute atomic E-state index is 0.00966. The fraction of sp³-hybridized carbons (Fsp3) is 0.0909. The molecule has 0 aliphatic rings. The molecule has 100 valence electrons. The highest BCUT2D eigenvalue weighted by molar-refractivity contribution is 7.06. The Bertz CT molecular complexity index is 593. The van der Waals surface area contributed by atoms with Crippen LogP contribution in [0.15, 0.2) is 30.3 Å². The molecule has 2 rings (SSSR count). The molecule has 0 aliphatic carbocycles. The van der Waals surface area contributed by atoms with Crippen LogP contribution in [0.4, 0.5) is 19.0 Å². The fourth-order valence-corrected chi connectivity index (χ4v) is 1.83. The Morgan fingerprint density at radius 3 is 2.42 bits per heavy atom. The second-order valence-corrected chi connectivity index (χ2v) is 4.38.